The third-order valence-electron chi connectivity index (χ3n) is 5.71. The third kappa shape index (κ3) is 5.71. The van der Waals surface area contributed by atoms with Crippen molar-refractivity contribution in [1.29, 1.82) is 0 Å². The van der Waals surface area contributed by atoms with Crippen LogP contribution in [0.15, 0.2) is 53.4 Å². The predicted octanol–water partition coefficient (Wildman–Crippen LogP) is 2.24. The second-order valence-corrected chi connectivity index (χ2v) is 9.94. The third-order valence-corrected chi connectivity index (χ3v) is 7.23. The van der Waals surface area contributed by atoms with Crippen molar-refractivity contribution in [2.45, 2.75) is 36.7 Å². The molecule has 2 N–H and O–H groups in total. The zero-order valence-corrected chi connectivity index (χ0v) is 18.5. The number of ether oxygens (including phenoxy) is 1. The summed E-state index contributed by atoms with van der Waals surface area (Å²) in [4.78, 5) is 15.6. The average molecular weight is 444 g/mol. The van der Waals surface area contributed by atoms with E-state index in [2.05, 4.69) is 14.9 Å². The molecule has 2 aromatic rings. The molecule has 2 fully saturated rings. The number of morpholine rings is 1. The van der Waals surface area contributed by atoms with Crippen LogP contribution < -0.4 is 10.0 Å². The van der Waals surface area contributed by atoms with Crippen molar-refractivity contribution in [2.75, 3.05) is 32.8 Å². The first-order valence-electron chi connectivity index (χ1n) is 10.7. The van der Waals surface area contributed by atoms with Gasteiger partial charge in [-0.05, 0) is 43.0 Å². The number of benzene rings is 2. The summed E-state index contributed by atoms with van der Waals surface area (Å²) in [7, 11) is -3.63. The molecule has 0 unspecified atom stereocenters. The number of carbonyl (C=O) groups is 1. The Labute approximate surface area is 183 Å². The molecule has 1 saturated carbocycles. The molecular weight excluding hydrogens is 414 g/mol. The summed E-state index contributed by atoms with van der Waals surface area (Å²) in [5.74, 6) is -0.275. The van der Waals surface area contributed by atoms with Gasteiger partial charge >= 0.3 is 0 Å². The highest BCUT2D eigenvalue weighted by Crippen LogP contribution is 2.24. The van der Waals surface area contributed by atoms with Gasteiger partial charge in [0.25, 0.3) is 5.91 Å². The second-order valence-electron chi connectivity index (χ2n) is 8.22. The fourth-order valence-electron chi connectivity index (χ4n) is 3.70. The maximum absolute atomic E-state index is 13.2. The maximum atomic E-state index is 13.2. The molecule has 8 heteroatoms. The number of carbonyl (C=O) groups excluding carboxylic acids is 1. The first kappa shape index (κ1) is 22.0. The predicted molar refractivity (Wildman–Crippen MR) is 118 cm³/mol. The summed E-state index contributed by atoms with van der Waals surface area (Å²) in [6.45, 7) is 5.49. The minimum absolute atomic E-state index is 0.0135. The lowest BCUT2D eigenvalue weighted by Gasteiger charge is -2.31. The molecule has 1 heterocycles. The molecule has 0 bridgehead atoms. The van der Waals surface area contributed by atoms with Crippen molar-refractivity contribution >= 4 is 15.9 Å². The van der Waals surface area contributed by atoms with E-state index in [1.165, 1.54) is 6.07 Å². The molecule has 1 aliphatic carbocycles. The first-order chi connectivity index (χ1) is 14.9. The molecule has 7 nitrogen and oxygen atoms in total. The van der Waals surface area contributed by atoms with Crippen LogP contribution in [0.5, 0.6) is 0 Å². The van der Waals surface area contributed by atoms with Gasteiger partial charge in [0.15, 0.2) is 0 Å². The monoisotopic (exact) mass is 443 g/mol. The Morgan fingerprint density at radius 3 is 2.52 bits per heavy atom. The van der Waals surface area contributed by atoms with Crippen molar-refractivity contribution in [1.82, 2.24) is 14.9 Å². The zero-order valence-electron chi connectivity index (χ0n) is 17.7. The molecular formula is C23H29N3O4S. The number of rotatable bonds is 8. The van der Waals surface area contributed by atoms with Crippen LogP contribution in [-0.2, 0) is 14.8 Å². The van der Waals surface area contributed by atoms with Crippen LogP contribution in [0.1, 0.15) is 40.4 Å². The van der Waals surface area contributed by atoms with E-state index in [4.69, 9.17) is 4.74 Å². The van der Waals surface area contributed by atoms with Crippen molar-refractivity contribution < 1.29 is 17.9 Å². The molecule has 1 saturated heterocycles. The van der Waals surface area contributed by atoms with Gasteiger partial charge < -0.3 is 10.1 Å². The van der Waals surface area contributed by atoms with Gasteiger partial charge in [0, 0.05) is 31.2 Å². The standard InChI is InChI=1S/C23H29N3O4S/c1-17-7-10-20(31(28,29)25-19-8-9-19)15-21(17)23(27)24-22(18-5-3-2-4-6-18)16-26-11-13-30-14-12-26/h2-7,10,15,19,22,25H,8-9,11-14,16H2,1H3,(H,24,27)/t22-/m1/s1. The van der Waals surface area contributed by atoms with Gasteiger partial charge in [-0.15, -0.1) is 0 Å². The van der Waals surface area contributed by atoms with Crippen LogP contribution in [-0.4, -0.2) is 58.1 Å². The molecule has 1 aliphatic heterocycles. The van der Waals surface area contributed by atoms with Crippen LogP contribution in [0.3, 0.4) is 0 Å². The van der Waals surface area contributed by atoms with Gasteiger partial charge in [-0.3, -0.25) is 9.69 Å². The quantitative estimate of drug-likeness (QED) is 0.653. The number of nitrogens with one attached hydrogen (secondary N) is 2. The highest BCUT2D eigenvalue weighted by Gasteiger charge is 2.29. The molecule has 0 aromatic heterocycles. The van der Waals surface area contributed by atoms with Crippen LogP contribution in [0.25, 0.3) is 0 Å². The number of nitrogens with zero attached hydrogens (tertiary/aromatic N) is 1. The number of amides is 1. The Bertz CT molecular complexity index is 1020. The summed E-state index contributed by atoms with van der Waals surface area (Å²) < 4.78 is 33.3. The molecule has 31 heavy (non-hydrogen) atoms. The Kier molecular flexibility index (Phi) is 6.71. The Balaban J connectivity index is 1.55. The largest absolute Gasteiger partial charge is 0.379 e. The molecule has 2 aliphatic rings. The van der Waals surface area contributed by atoms with E-state index in [9.17, 15) is 13.2 Å². The SMILES string of the molecule is Cc1ccc(S(=O)(=O)NC2CC2)cc1C(=O)N[C@H](CN1CCOCC1)c1ccccc1. The lowest BCUT2D eigenvalue weighted by molar-refractivity contribution is 0.0332. The fourth-order valence-corrected chi connectivity index (χ4v) is 5.03. The van der Waals surface area contributed by atoms with E-state index in [0.29, 0.717) is 25.3 Å². The minimum Gasteiger partial charge on any atom is -0.379 e. The van der Waals surface area contributed by atoms with Gasteiger partial charge in [0.1, 0.15) is 0 Å². The number of hydrogen-bond donors (Lipinski definition) is 2. The summed E-state index contributed by atoms with van der Waals surface area (Å²) >= 11 is 0. The number of sulfonamides is 1. The van der Waals surface area contributed by atoms with Gasteiger partial charge in [0.05, 0.1) is 24.2 Å². The number of aryl methyl sites for hydroxylation is 1. The van der Waals surface area contributed by atoms with E-state index in [1.54, 1.807) is 12.1 Å². The highest BCUT2D eigenvalue weighted by molar-refractivity contribution is 7.89. The maximum Gasteiger partial charge on any atom is 0.252 e. The van der Waals surface area contributed by atoms with Crippen LogP contribution in [0.4, 0.5) is 0 Å². The molecule has 4 rings (SSSR count). The summed E-state index contributed by atoms with van der Waals surface area (Å²) in [5.41, 5.74) is 2.13. The zero-order chi connectivity index (χ0) is 21.8. The molecule has 0 radical (unpaired) electrons. The summed E-state index contributed by atoms with van der Waals surface area (Å²) in [6, 6.07) is 14.4. The molecule has 166 valence electrons. The Morgan fingerprint density at radius 2 is 1.84 bits per heavy atom. The second kappa shape index (κ2) is 9.48. The number of hydrogen-bond acceptors (Lipinski definition) is 5. The van der Waals surface area contributed by atoms with Crippen LogP contribution in [0, 0.1) is 6.92 Å². The fraction of sp³-hybridized carbons (Fsp3) is 0.435. The van der Waals surface area contributed by atoms with Gasteiger partial charge in [-0.1, -0.05) is 36.4 Å². The lowest BCUT2D eigenvalue weighted by Crippen LogP contribution is -2.43. The van der Waals surface area contributed by atoms with Gasteiger partial charge in [-0.2, -0.15) is 0 Å². The van der Waals surface area contributed by atoms with Gasteiger partial charge in [-0.25, -0.2) is 13.1 Å². The van der Waals surface area contributed by atoms with Crippen LogP contribution >= 0.6 is 0 Å². The van der Waals surface area contributed by atoms with E-state index in [1.807, 2.05) is 37.3 Å². The van der Waals surface area contributed by atoms with Crippen molar-refractivity contribution in [2.24, 2.45) is 0 Å². The molecule has 2 aromatic carbocycles. The smallest absolute Gasteiger partial charge is 0.252 e. The Hall–Kier alpha value is -2.26. The van der Waals surface area contributed by atoms with E-state index in [0.717, 1.165) is 37.1 Å². The van der Waals surface area contributed by atoms with Crippen LogP contribution in [0.2, 0.25) is 0 Å². The Morgan fingerprint density at radius 1 is 1.13 bits per heavy atom. The topological polar surface area (TPSA) is 87.7 Å². The van der Waals surface area contributed by atoms with E-state index in [-0.39, 0.29) is 22.9 Å². The van der Waals surface area contributed by atoms with E-state index < -0.39 is 10.0 Å². The normalized spacial score (nSPS) is 18.5. The molecule has 1 atom stereocenters. The molecule has 0 spiro atoms. The minimum atomic E-state index is -3.63. The van der Waals surface area contributed by atoms with Crippen molar-refractivity contribution in [3.05, 3.63) is 65.2 Å². The summed E-state index contributed by atoms with van der Waals surface area (Å²) in [6.07, 6.45) is 1.72. The van der Waals surface area contributed by atoms with E-state index >= 15 is 0 Å². The van der Waals surface area contributed by atoms with Crippen molar-refractivity contribution in [3.63, 3.8) is 0 Å². The van der Waals surface area contributed by atoms with Crippen molar-refractivity contribution in [3.8, 4) is 0 Å². The first-order valence-corrected chi connectivity index (χ1v) is 12.2. The highest BCUT2D eigenvalue weighted by atomic mass is 32.2. The van der Waals surface area contributed by atoms with Gasteiger partial charge in [0.2, 0.25) is 10.0 Å². The molecule has 1 amide bonds. The summed E-state index contributed by atoms with van der Waals surface area (Å²) in [5, 5.41) is 3.13. The lowest BCUT2D eigenvalue weighted by atomic mass is 10.0. The average Bonchev–Trinajstić information content (AvgIpc) is 3.58.